The molecule has 0 aliphatic carbocycles. The second-order valence-electron chi connectivity index (χ2n) is 3.24. The largest absolute Gasteiger partial charge is 0.434 e. The number of alkyl halides is 3. The van der Waals surface area contributed by atoms with Crippen molar-refractivity contribution in [2.75, 3.05) is 0 Å². The number of H-pyrrole nitrogens is 1. The summed E-state index contributed by atoms with van der Waals surface area (Å²) in [6, 6.07) is 1.28. The maximum atomic E-state index is 12.5. The average molecular weight is 316 g/mol. The van der Waals surface area contributed by atoms with Crippen LogP contribution < -0.4 is 0 Å². The van der Waals surface area contributed by atoms with Crippen LogP contribution >= 0.6 is 34.8 Å². The van der Waals surface area contributed by atoms with Gasteiger partial charge in [-0.05, 0) is 6.07 Å². The van der Waals surface area contributed by atoms with Crippen molar-refractivity contribution in [3.63, 3.8) is 0 Å². The minimum Gasteiger partial charge on any atom is -0.272 e. The quantitative estimate of drug-likeness (QED) is 0.844. The fraction of sp³-hybridized carbons (Fsp3) is 0.111. The fourth-order valence-corrected chi connectivity index (χ4v) is 1.77. The lowest BCUT2D eigenvalue weighted by Gasteiger charge is -2.03. The molecule has 0 aromatic carbocycles. The van der Waals surface area contributed by atoms with E-state index < -0.39 is 16.9 Å². The maximum Gasteiger partial charge on any atom is 0.434 e. The standard InChI is InChI=1S/C9H3Cl3F3N3/c10-3-1-5(16-2-4(3)11)7-6(12)8(18-17-7)9(13,14)15/h1-2H,(H,17,18). The van der Waals surface area contributed by atoms with E-state index in [1.54, 1.807) is 0 Å². The van der Waals surface area contributed by atoms with Crippen LogP contribution in [0.1, 0.15) is 5.69 Å². The Morgan fingerprint density at radius 1 is 1.11 bits per heavy atom. The van der Waals surface area contributed by atoms with Gasteiger partial charge in [0.15, 0.2) is 5.69 Å². The summed E-state index contributed by atoms with van der Waals surface area (Å²) in [4.78, 5) is 3.81. The summed E-state index contributed by atoms with van der Waals surface area (Å²) in [6.45, 7) is 0. The molecule has 2 aromatic heterocycles. The molecule has 96 valence electrons. The monoisotopic (exact) mass is 315 g/mol. The highest BCUT2D eigenvalue weighted by Crippen LogP contribution is 2.38. The van der Waals surface area contributed by atoms with E-state index in [0.717, 1.165) is 0 Å². The van der Waals surface area contributed by atoms with Crippen LogP contribution in [-0.2, 0) is 6.18 Å². The van der Waals surface area contributed by atoms with Gasteiger partial charge in [0.1, 0.15) is 10.7 Å². The number of aromatic amines is 1. The van der Waals surface area contributed by atoms with Crippen molar-refractivity contribution < 1.29 is 13.2 Å². The molecule has 0 aliphatic heterocycles. The first-order valence-corrected chi connectivity index (χ1v) is 5.56. The molecule has 0 aliphatic rings. The van der Waals surface area contributed by atoms with Crippen molar-refractivity contribution in [1.29, 1.82) is 0 Å². The Labute approximate surface area is 114 Å². The van der Waals surface area contributed by atoms with E-state index in [1.165, 1.54) is 12.3 Å². The zero-order valence-electron chi connectivity index (χ0n) is 8.32. The molecule has 0 fully saturated rings. The topological polar surface area (TPSA) is 41.6 Å². The summed E-state index contributed by atoms with van der Waals surface area (Å²) in [7, 11) is 0. The van der Waals surface area contributed by atoms with Gasteiger partial charge in [0.05, 0.1) is 15.7 Å². The van der Waals surface area contributed by atoms with E-state index in [1.807, 2.05) is 5.10 Å². The summed E-state index contributed by atoms with van der Waals surface area (Å²) in [5.41, 5.74) is -1.17. The van der Waals surface area contributed by atoms with E-state index in [-0.39, 0.29) is 21.4 Å². The predicted molar refractivity (Wildman–Crippen MR) is 61.9 cm³/mol. The molecule has 2 aromatic rings. The van der Waals surface area contributed by atoms with E-state index in [0.29, 0.717) is 0 Å². The van der Waals surface area contributed by atoms with Crippen molar-refractivity contribution >= 4 is 34.8 Å². The van der Waals surface area contributed by atoms with Gasteiger partial charge in [-0.1, -0.05) is 34.8 Å². The van der Waals surface area contributed by atoms with E-state index in [9.17, 15) is 13.2 Å². The smallest absolute Gasteiger partial charge is 0.272 e. The van der Waals surface area contributed by atoms with E-state index in [2.05, 4.69) is 10.1 Å². The first kappa shape index (κ1) is 13.5. The second-order valence-corrected chi connectivity index (χ2v) is 4.43. The third-order valence-corrected chi connectivity index (χ3v) is 3.12. The molecule has 3 nitrogen and oxygen atoms in total. The molecular formula is C9H3Cl3F3N3. The number of nitrogens with zero attached hydrogens (tertiary/aromatic N) is 2. The molecule has 0 unspecified atom stereocenters. The Morgan fingerprint density at radius 3 is 2.28 bits per heavy atom. The molecule has 0 saturated carbocycles. The molecule has 0 bridgehead atoms. The zero-order valence-corrected chi connectivity index (χ0v) is 10.6. The number of pyridine rings is 1. The van der Waals surface area contributed by atoms with Crippen LogP contribution in [-0.4, -0.2) is 15.2 Å². The zero-order chi connectivity index (χ0) is 13.5. The second kappa shape index (κ2) is 4.60. The third-order valence-electron chi connectivity index (χ3n) is 2.04. The Balaban J connectivity index is 2.52. The van der Waals surface area contributed by atoms with Gasteiger partial charge in [0.2, 0.25) is 0 Å². The predicted octanol–water partition coefficient (Wildman–Crippen LogP) is 4.45. The van der Waals surface area contributed by atoms with Crippen molar-refractivity contribution in [2.24, 2.45) is 0 Å². The van der Waals surface area contributed by atoms with Crippen LogP contribution in [0.25, 0.3) is 11.4 Å². The highest BCUT2D eigenvalue weighted by atomic mass is 35.5. The van der Waals surface area contributed by atoms with Crippen LogP contribution in [0.3, 0.4) is 0 Å². The van der Waals surface area contributed by atoms with Gasteiger partial charge >= 0.3 is 6.18 Å². The number of nitrogens with one attached hydrogen (secondary N) is 1. The van der Waals surface area contributed by atoms with Crippen molar-refractivity contribution in [3.05, 3.63) is 33.0 Å². The molecule has 2 heterocycles. The summed E-state index contributed by atoms with van der Waals surface area (Å²) in [5.74, 6) is 0. The highest BCUT2D eigenvalue weighted by Gasteiger charge is 2.37. The molecular weight excluding hydrogens is 313 g/mol. The Morgan fingerprint density at radius 2 is 1.78 bits per heavy atom. The number of hydrogen-bond acceptors (Lipinski definition) is 2. The number of halogens is 6. The molecule has 0 radical (unpaired) electrons. The van der Waals surface area contributed by atoms with Gasteiger partial charge in [0, 0.05) is 6.20 Å². The van der Waals surface area contributed by atoms with Crippen molar-refractivity contribution in [2.45, 2.75) is 6.18 Å². The number of aromatic nitrogens is 3. The minimum atomic E-state index is -4.61. The maximum absolute atomic E-state index is 12.5. The van der Waals surface area contributed by atoms with Gasteiger partial charge in [-0.25, -0.2) is 0 Å². The molecule has 9 heteroatoms. The molecule has 2 rings (SSSR count). The lowest BCUT2D eigenvalue weighted by atomic mass is 10.2. The summed E-state index contributed by atoms with van der Waals surface area (Å²) < 4.78 is 37.5. The van der Waals surface area contributed by atoms with Gasteiger partial charge in [-0.15, -0.1) is 0 Å². The highest BCUT2D eigenvalue weighted by molar-refractivity contribution is 6.42. The van der Waals surface area contributed by atoms with Crippen LogP contribution in [0.5, 0.6) is 0 Å². The number of rotatable bonds is 1. The Hall–Kier alpha value is -0.980. The van der Waals surface area contributed by atoms with Crippen LogP contribution in [0.15, 0.2) is 12.3 Å². The van der Waals surface area contributed by atoms with Gasteiger partial charge in [-0.3, -0.25) is 10.1 Å². The molecule has 18 heavy (non-hydrogen) atoms. The number of hydrogen-bond donors (Lipinski definition) is 1. The van der Waals surface area contributed by atoms with Gasteiger partial charge < -0.3 is 0 Å². The average Bonchev–Trinajstić information content (AvgIpc) is 2.64. The molecule has 0 atom stereocenters. The normalized spacial score (nSPS) is 11.9. The van der Waals surface area contributed by atoms with Crippen molar-refractivity contribution in [3.8, 4) is 11.4 Å². The van der Waals surface area contributed by atoms with Gasteiger partial charge in [0.25, 0.3) is 0 Å². The molecule has 0 saturated heterocycles. The van der Waals surface area contributed by atoms with Gasteiger partial charge in [-0.2, -0.15) is 18.3 Å². The van der Waals surface area contributed by atoms with E-state index in [4.69, 9.17) is 34.8 Å². The lowest BCUT2D eigenvalue weighted by molar-refractivity contribution is -0.141. The SMILES string of the molecule is FC(F)(F)c1[nH]nc(-c2cc(Cl)c(Cl)cn2)c1Cl. The summed E-state index contributed by atoms with van der Waals surface area (Å²) in [6.07, 6.45) is -3.41. The minimum absolute atomic E-state index is 0.0983. The summed E-state index contributed by atoms with van der Waals surface area (Å²) in [5, 5.41) is 5.07. The fourth-order valence-electron chi connectivity index (χ4n) is 1.23. The van der Waals surface area contributed by atoms with Crippen LogP contribution in [0.4, 0.5) is 13.2 Å². The van der Waals surface area contributed by atoms with Crippen molar-refractivity contribution in [1.82, 2.24) is 15.2 Å². The summed E-state index contributed by atoms with van der Waals surface area (Å²) >= 11 is 17.0. The third kappa shape index (κ3) is 2.41. The molecule has 0 spiro atoms. The molecule has 1 N–H and O–H groups in total. The van der Waals surface area contributed by atoms with Crippen LogP contribution in [0.2, 0.25) is 15.1 Å². The Kier molecular flexibility index (Phi) is 3.44. The lowest BCUT2D eigenvalue weighted by Crippen LogP contribution is -2.05. The Bertz CT molecular complexity index is 594. The first-order chi connectivity index (χ1) is 8.30. The first-order valence-electron chi connectivity index (χ1n) is 4.43. The van der Waals surface area contributed by atoms with E-state index >= 15 is 0 Å². The molecule has 0 amide bonds. The van der Waals surface area contributed by atoms with Crippen LogP contribution in [0, 0.1) is 0 Å².